The Hall–Kier alpha value is -2.95. The highest BCUT2D eigenvalue weighted by atomic mass is 35.5. The summed E-state index contributed by atoms with van der Waals surface area (Å²) in [6.07, 6.45) is 0. The number of carbonyl (C=O) groups is 1. The molecule has 0 radical (unpaired) electrons. The van der Waals surface area contributed by atoms with Crippen molar-refractivity contribution in [3.05, 3.63) is 66.1 Å². The second-order valence-electron chi connectivity index (χ2n) is 6.70. The maximum atomic E-state index is 13.2. The number of thioether (sulfide) groups is 1. The molecule has 4 aromatic rings. The lowest BCUT2D eigenvalue weighted by molar-refractivity contribution is 0.0605. The first-order valence-corrected chi connectivity index (χ1v) is 11.1. The van der Waals surface area contributed by atoms with Gasteiger partial charge in [-0.25, -0.2) is 14.6 Å². The molecule has 0 atom stereocenters. The van der Waals surface area contributed by atoms with Crippen molar-refractivity contribution in [3.8, 4) is 0 Å². The van der Waals surface area contributed by atoms with Crippen LogP contribution in [0.3, 0.4) is 0 Å². The maximum absolute atomic E-state index is 13.2. The summed E-state index contributed by atoms with van der Waals surface area (Å²) in [7, 11) is 1.28. The number of carbonyl (C=O) groups excluding carboxylic acids is 1. The number of fused-ring (bicyclic) bond motifs is 3. The van der Waals surface area contributed by atoms with Gasteiger partial charge in [-0.05, 0) is 36.8 Å². The summed E-state index contributed by atoms with van der Waals surface area (Å²) in [6, 6.07) is 6.60. The Bertz CT molecular complexity index is 1570. The van der Waals surface area contributed by atoms with Crippen molar-refractivity contribution in [3.63, 3.8) is 0 Å². The van der Waals surface area contributed by atoms with E-state index in [4.69, 9.17) is 20.8 Å². The Morgan fingerprint density at radius 2 is 2.10 bits per heavy atom. The first kappa shape index (κ1) is 20.0. The van der Waals surface area contributed by atoms with Gasteiger partial charge in [-0.3, -0.25) is 4.79 Å². The second kappa shape index (κ2) is 7.33. The van der Waals surface area contributed by atoms with Gasteiger partial charge >= 0.3 is 11.6 Å². The summed E-state index contributed by atoms with van der Waals surface area (Å²) in [4.78, 5) is 43.0. The number of hydrogen-bond acceptors (Lipinski definition) is 9. The molecule has 156 valence electrons. The number of rotatable bonds is 2. The van der Waals surface area contributed by atoms with Crippen LogP contribution >= 0.6 is 34.7 Å². The molecular formula is C20H12ClN3O5S2. The highest BCUT2D eigenvalue weighted by Gasteiger charge is 2.25. The molecule has 0 bridgehead atoms. The number of aryl methyl sites for hydroxylation is 1. The van der Waals surface area contributed by atoms with E-state index in [-0.39, 0.29) is 5.56 Å². The molecule has 4 heterocycles. The van der Waals surface area contributed by atoms with Crippen LogP contribution in [-0.2, 0) is 4.74 Å². The van der Waals surface area contributed by atoms with Gasteiger partial charge < -0.3 is 9.15 Å². The van der Waals surface area contributed by atoms with E-state index in [0.717, 1.165) is 16.0 Å². The lowest BCUT2D eigenvalue weighted by Crippen LogP contribution is -2.28. The van der Waals surface area contributed by atoms with E-state index in [1.807, 2.05) is 0 Å². The normalized spacial score (nSPS) is 13.3. The van der Waals surface area contributed by atoms with Gasteiger partial charge in [0.2, 0.25) is 0 Å². The van der Waals surface area contributed by atoms with Crippen LogP contribution in [0.2, 0.25) is 5.02 Å². The average Bonchev–Trinajstić information content (AvgIpc) is 3.09. The zero-order chi connectivity index (χ0) is 21.9. The van der Waals surface area contributed by atoms with Gasteiger partial charge in [0.1, 0.15) is 15.3 Å². The van der Waals surface area contributed by atoms with E-state index in [1.54, 1.807) is 31.2 Å². The third-order valence-electron chi connectivity index (χ3n) is 4.85. The number of aromatic nitrogens is 2. The fourth-order valence-corrected chi connectivity index (χ4v) is 5.54. The van der Waals surface area contributed by atoms with Gasteiger partial charge in [0.15, 0.2) is 5.16 Å². The molecule has 1 aliphatic rings. The number of hydrogen-bond donors (Lipinski definition) is 0. The molecule has 0 N–H and O–H groups in total. The van der Waals surface area contributed by atoms with Gasteiger partial charge in [0.05, 0.1) is 23.8 Å². The van der Waals surface area contributed by atoms with Crippen LogP contribution in [0.15, 0.2) is 48.5 Å². The topological polar surface area (TPSA) is 104 Å². The third kappa shape index (κ3) is 3.18. The number of nitrogens with zero attached hydrogens (tertiary/aromatic N) is 3. The first-order chi connectivity index (χ1) is 14.9. The fourth-order valence-electron chi connectivity index (χ4n) is 3.33. The van der Waals surface area contributed by atoms with Crippen molar-refractivity contribution < 1.29 is 13.9 Å². The van der Waals surface area contributed by atoms with Crippen LogP contribution in [0.4, 0.5) is 0 Å². The molecule has 0 aliphatic carbocycles. The van der Waals surface area contributed by atoms with Crippen molar-refractivity contribution in [1.29, 1.82) is 0 Å². The van der Waals surface area contributed by atoms with E-state index >= 15 is 0 Å². The van der Waals surface area contributed by atoms with Gasteiger partial charge in [-0.1, -0.05) is 23.4 Å². The minimum absolute atomic E-state index is 0.247. The Labute approximate surface area is 187 Å². The second-order valence-corrected chi connectivity index (χ2v) is 9.08. The van der Waals surface area contributed by atoms with Crippen LogP contribution < -0.4 is 11.2 Å². The Morgan fingerprint density at radius 1 is 1.29 bits per heavy atom. The van der Waals surface area contributed by atoms with Crippen molar-refractivity contribution >= 4 is 67.6 Å². The summed E-state index contributed by atoms with van der Waals surface area (Å²) >= 11 is 8.43. The van der Waals surface area contributed by atoms with Crippen molar-refractivity contribution in [2.45, 2.75) is 12.1 Å². The summed E-state index contributed by atoms with van der Waals surface area (Å²) in [6.45, 7) is 1.67. The molecule has 0 saturated carbocycles. The summed E-state index contributed by atoms with van der Waals surface area (Å²) in [5.41, 5.74) is 0.565. The minimum Gasteiger partial charge on any atom is -0.465 e. The highest BCUT2D eigenvalue weighted by Crippen LogP contribution is 2.31. The Kier molecular flexibility index (Phi) is 4.72. The molecule has 1 aromatic carbocycles. The number of ether oxygens (including phenoxy) is 1. The molecule has 3 aromatic heterocycles. The quantitative estimate of drug-likeness (QED) is 0.248. The number of methoxy groups -OCH3 is 1. The number of esters is 1. The SMILES string of the molecule is COC(=O)c1sc2nc3n(c(=O)c2c1C)N=C(c1cc2cc(Cl)ccc2oc1=O)CS3. The smallest absolute Gasteiger partial charge is 0.348 e. The molecule has 0 saturated heterocycles. The third-order valence-corrected chi connectivity index (χ3v) is 7.19. The predicted molar refractivity (Wildman–Crippen MR) is 120 cm³/mol. The summed E-state index contributed by atoms with van der Waals surface area (Å²) in [5, 5.41) is 6.25. The zero-order valence-corrected chi connectivity index (χ0v) is 18.5. The van der Waals surface area contributed by atoms with Gasteiger partial charge in [0.25, 0.3) is 5.56 Å². The van der Waals surface area contributed by atoms with Gasteiger partial charge in [0, 0.05) is 16.2 Å². The van der Waals surface area contributed by atoms with Gasteiger partial charge in [-0.15, -0.1) is 11.3 Å². The van der Waals surface area contributed by atoms with Crippen LogP contribution in [0.5, 0.6) is 0 Å². The average molecular weight is 474 g/mol. The fraction of sp³-hybridized carbons (Fsp3) is 0.150. The van der Waals surface area contributed by atoms with Gasteiger partial charge in [-0.2, -0.15) is 9.78 Å². The van der Waals surface area contributed by atoms with Crippen LogP contribution in [0, 0.1) is 6.92 Å². The molecule has 0 fully saturated rings. The molecule has 11 heteroatoms. The zero-order valence-electron chi connectivity index (χ0n) is 16.1. The summed E-state index contributed by atoms with van der Waals surface area (Å²) < 4.78 is 11.3. The molecular weight excluding hydrogens is 462 g/mol. The van der Waals surface area contributed by atoms with E-state index in [1.165, 1.54) is 18.9 Å². The van der Waals surface area contributed by atoms with E-state index in [0.29, 0.717) is 53.3 Å². The number of halogens is 1. The molecule has 0 unspecified atom stereocenters. The molecule has 5 rings (SSSR count). The molecule has 31 heavy (non-hydrogen) atoms. The van der Waals surface area contributed by atoms with Crippen molar-refractivity contribution in [2.24, 2.45) is 5.10 Å². The first-order valence-electron chi connectivity index (χ1n) is 8.96. The Balaban J connectivity index is 1.71. The van der Waals surface area contributed by atoms with E-state index < -0.39 is 17.2 Å². The van der Waals surface area contributed by atoms with Crippen molar-refractivity contribution in [2.75, 3.05) is 12.9 Å². The monoisotopic (exact) mass is 473 g/mol. The largest absolute Gasteiger partial charge is 0.465 e. The van der Waals surface area contributed by atoms with Crippen LogP contribution in [0.25, 0.3) is 21.2 Å². The summed E-state index contributed by atoms with van der Waals surface area (Å²) in [5.74, 6) is -0.199. The highest BCUT2D eigenvalue weighted by molar-refractivity contribution is 7.99. The number of benzene rings is 1. The lowest BCUT2D eigenvalue weighted by Gasteiger charge is -2.15. The van der Waals surface area contributed by atoms with E-state index in [2.05, 4.69) is 10.1 Å². The Morgan fingerprint density at radius 3 is 2.87 bits per heavy atom. The molecule has 0 amide bonds. The van der Waals surface area contributed by atoms with E-state index in [9.17, 15) is 14.4 Å². The standard InChI is InChI=1S/C20H12ClN3O5S2/c1-8-14-16(31-15(8)19(27)28-2)22-20-24(17(14)25)23-12(7-30-20)11-6-9-5-10(21)3-4-13(9)29-18(11)26/h3-6H,7H2,1-2H3. The van der Waals surface area contributed by atoms with Crippen LogP contribution in [0.1, 0.15) is 20.8 Å². The molecule has 0 spiro atoms. The van der Waals surface area contributed by atoms with Crippen molar-refractivity contribution in [1.82, 2.24) is 9.66 Å². The lowest BCUT2D eigenvalue weighted by atomic mass is 10.1. The van der Waals surface area contributed by atoms with Crippen LogP contribution in [-0.4, -0.2) is 34.2 Å². The molecule has 1 aliphatic heterocycles. The minimum atomic E-state index is -0.556. The molecule has 8 nitrogen and oxygen atoms in total. The maximum Gasteiger partial charge on any atom is 0.348 e. The predicted octanol–water partition coefficient (Wildman–Crippen LogP) is 3.67. The number of thiophene rings is 1.